The van der Waals surface area contributed by atoms with Gasteiger partial charge in [0.05, 0.1) is 63.1 Å². The first kappa shape index (κ1) is 42.6. The van der Waals surface area contributed by atoms with Crippen molar-refractivity contribution >= 4 is 58.1 Å². The van der Waals surface area contributed by atoms with Gasteiger partial charge < -0.3 is 19.5 Å². The first-order valence-corrected chi connectivity index (χ1v) is 25.4. The van der Waals surface area contributed by atoms with E-state index in [2.05, 4.69) is 64.5 Å². The largest absolute Gasteiger partial charge is 0.497 e. The lowest BCUT2D eigenvalue weighted by molar-refractivity contribution is -0.146. The van der Waals surface area contributed by atoms with E-state index in [9.17, 15) is 9.90 Å². The van der Waals surface area contributed by atoms with E-state index in [1.54, 1.807) is 7.11 Å². The number of rotatable bonds is 13. The van der Waals surface area contributed by atoms with Gasteiger partial charge in [-0.15, -0.1) is 5.10 Å². The van der Waals surface area contributed by atoms with Crippen molar-refractivity contribution in [1.82, 2.24) is 15.0 Å². The highest BCUT2D eigenvalue weighted by Crippen LogP contribution is 2.60. The van der Waals surface area contributed by atoms with Crippen LogP contribution in [0.25, 0.3) is 0 Å². The predicted molar refractivity (Wildman–Crippen MR) is 251 cm³/mol. The van der Waals surface area contributed by atoms with Gasteiger partial charge in [0.2, 0.25) is 5.91 Å². The number of aliphatic hydroxyl groups is 1. The maximum Gasteiger partial charge on any atom is 0.264 e. The van der Waals surface area contributed by atoms with E-state index in [4.69, 9.17) is 14.6 Å². The highest BCUT2D eigenvalue weighted by atomic mass is 79.9. The Morgan fingerprint density at radius 3 is 2.40 bits per heavy atom. The van der Waals surface area contributed by atoms with Crippen molar-refractivity contribution in [2.24, 2.45) is 11.0 Å². The minimum atomic E-state index is -2.42. The van der Waals surface area contributed by atoms with Gasteiger partial charge in [0.15, 0.2) is 5.60 Å². The predicted octanol–water partition coefficient (Wildman–Crippen LogP) is 8.56. The van der Waals surface area contributed by atoms with Crippen LogP contribution < -0.4 is 19.8 Å². The summed E-state index contributed by atoms with van der Waals surface area (Å²) in [7, 11) is -0.743. The molecule has 322 valence electrons. The van der Waals surface area contributed by atoms with Crippen LogP contribution >= 0.6 is 15.9 Å². The molecule has 4 heterocycles. The van der Waals surface area contributed by atoms with Crippen molar-refractivity contribution in [3.8, 4) is 5.75 Å². The second kappa shape index (κ2) is 17.4. The van der Waals surface area contributed by atoms with Gasteiger partial charge >= 0.3 is 0 Å². The van der Waals surface area contributed by atoms with E-state index in [1.807, 2.05) is 125 Å². The lowest BCUT2D eigenvalue weighted by atomic mass is 9.82. The summed E-state index contributed by atoms with van der Waals surface area (Å²) in [4.78, 5) is 30.7. The van der Waals surface area contributed by atoms with E-state index >= 15 is 4.79 Å². The third-order valence-electron chi connectivity index (χ3n) is 13.4. The Hall–Kier alpha value is -5.73. The SMILES string of the molecule is COc1ccc([Si](C)(C)[C@H]2[C@H](CCn3cc(C(CO)c4ccccc4)nn3)O[C@@]3(C(=O)N(Cc4cccc(N5N=C(c6ccccc6)CCC5=O)c4)c4ccc(Br)cc43)[C@@H]2C)cc1. The lowest BCUT2D eigenvalue weighted by Gasteiger charge is -2.37. The molecule has 0 aliphatic carbocycles. The minimum Gasteiger partial charge on any atom is -0.497 e. The van der Waals surface area contributed by atoms with E-state index in [0.29, 0.717) is 37.2 Å². The fourth-order valence-corrected chi connectivity index (χ4v) is 14.6. The molecular formula is C50H51BrN6O5Si. The fourth-order valence-electron chi connectivity index (χ4n) is 10.2. The second-order valence-electron chi connectivity index (χ2n) is 17.3. The standard InChI is InChI=1S/C50H51BrN6O5Si/c1-33-48(63(3,4)40-21-19-39(61-2)20-22-40)46(26-27-55-31-44(52-54-55)41(32-58)35-13-7-5-8-14-35)62-50(33)42-29-37(51)18-24-45(42)56(49(50)60)30-34-12-11-17-38(28-34)57-47(59)25-23-43(53-57)36-15-9-6-10-16-36/h5-22,24,28-29,31,33,41,46,48,58H,23,25-27,30,32H2,1-4H3/t33-,41?,46+,48-,50+/m1/s1. The van der Waals surface area contributed by atoms with E-state index in [1.165, 1.54) is 10.2 Å². The summed E-state index contributed by atoms with van der Waals surface area (Å²) in [6.45, 7) is 7.65. The Labute approximate surface area is 377 Å². The monoisotopic (exact) mass is 922 g/mol. The average molecular weight is 924 g/mol. The maximum absolute atomic E-state index is 15.6. The van der Waals surface area contributed by atoms with Crippen molar-refractivity contribution in [3.05, 3.63) is 166 Å². The molecule has 2 amide bonds. The summed E-state index contributed by atoms with van der Waals surface area (Å²) in [5, 5.41) is 27.0. The third-order valence-corrected chi connectivity index (χ3v) is 18.2. The number of hydrazone groups is 1. The number of methoxy groups -OCH3 is 1. The van der Waals surface area contributed by atoms with Gasteiger partial charge in [-0.05, 0) is 71.1 Å². The number of aromatic nitrogens is 3. The molecule has 1 fully saturated rings. The number of aliphatic hydroxyl groups excluding tert-OH is 1. The fraction of sp³-hybridized carbons (Fsp3) is 0.300. The molecule has 0 saturated carbocycles. The van der Waals surface area contributed by atoms with Crippen LogP contribution in [0.5, 0.6) is 5.75 Å². The molecule has 13 heteroatoms. The smallest absolute Gasteiger partial charge is 0.264 e. The molecule has 63 heavy (non-hydrogen) atoms. The van der Waals surface area contributed by atoms with Crippen molar-refractivity contribution in [2.75, 3.05) is 23.6 Å². The third kappa shape index (κ3) is 7.85. The molecular weight excluding hydrogens is 873 g/mol. The van der Waals surface area contributed by atoms with Crippen LogP contribution in [0.1, 0.15) is 60.1 Å². The maximum atomic E-state index is 15.6. The zero-order chi connectivity index (χ0) is 43.9. The first-order chi connectivity index (χ1) is 30.5. The number of hydrogen-bond donors (Lipinski definition) is 1. The highest BCUT2D eigenvalue weighted by molar-refractivity contribution is 9.10. The molecule has 0 bridgehead atoms. The van der Waals surface area contributed by atoms with Crippen molar-refractivity contribution in [3.63, 3.8) is 0 Å². The Kier molecular flexibility index (Phi) is 11.8. The molecule has 1 spiro atoms. The number of benzene rings is 5. The molecule has 5 aromatic carbocycles. The van der Waals surface area contributed by atoms with E-state index in [0.717, 1.165) is 43.9 Å². The Morgan fingerprint density at radius 1 is 0.921 bits per heavy atom. The van der Waals surface area contributed by atoms with Gasteiger partial charge in [-0.2, -0.15) is 5.10 Å². The number of hydrogen-bond acceptors (Lipinski definition) is 8. The molecule has 1 saturated heterocycles. The number of anilines is 2. The summed E-state index contributed by atoms with van der Waals surface area (Å²) < 4.78 is 15.7. The van der Waals surface area contributed by atoms with Crippen LogP contribution in [-0.2, 0) is 33.0 Å². The first-order valence-electron chi connectivity index (χ1n) is 21.6. The zero-order valence-corrected chi connectivity index (χ0v) is 38.5. The second-order valence-corrected chi connectivity index (χ2v) is 22.9. The van der Waals surface area contributed by atoms with E-state index in [-0.39, 0.29) is 48.4 Å². The van der Waals surface area contributed by atoms with Gasteiger partial charge in [-0.25, -0.2) is 5.01 Å². The van der Waals surface area contributed by atoms with Crippen LogP contribution in [0.2, 0.25) is 18.6 Å². The molecule has 1 N–H and O–H groups in total. The number of amides is 2. The number of aryl methyl sites for hydroxylation is 1. The Balaban J connectivity index is 1.05. The summed E-state index contributed by atoms with van der Waals surface area (Å²) in [6, 6.07) is 42.0. The molecule has 3 aliphatic rings. The Bertz CT molecular complexity index is 2660. The van der Waals surface area contributed by atoms with Crippen molar-refractivity contribution < 1.29 is 24.2 Å². The molecule has 6 aromatic rings. The normalized spacial score (nSPS) is 21.5. The van der Waals surface area contributed by atoms with Gasteiger partial charge in [0.1, 0.15) is 5.75 Å². The van der Waals surface area contributed by atoms with Gasteiger partial charge in [-0.3, -0.25) is 14.3 Å². The molecule has 1 aromatic heterocycles. The van der Waals surface area contributed by atoms with Crippen LogP contribution in [-0.4, -0.2) is 65.5 Å². The highest BCUT2D eigenvalue weighted by Gasteiger charge is 2.66. The number of halogens is 1. The Morgan fingerprint density at radius 2 is 1.67 bits per heavy atom. The molecule has 3 aliphatic heterocycles. The molecule has 9 rings (SSSR count). The number of ether oxygens (including phenoxy) is 2. The van der Waals surface area contributed by atoms with E-state index < -0.39 is 13.7 Å². The van der Waals surface area contributed by atoms with Crippen LogP contribution in [0, 0.1) is 5.92 Å². The molecule has 11 nitrogen and oxygen atoms in total. The van der Waals surface area contributed by atoms with Gasteiger partial charge in [0.25, 0.3) is 5.91 Å². The molecule has 5 atom stereocenters. The van der Waals surface area contributed by atoms with Crippen molar-refractivity contribution in [1.29, 1.82) is 0 Å². The number of carbonyl (C=O) groups excluding carboxylic acids is 2. The summed E-state index contributed by atoms with van der Waals surface area (Å²) in [6.07, 6.45) is 3.13. The van der Waals surface area contributed by atoms with Crippen LogP contribution in [0.4, 0.5) is 11.4 Å². The number of carbonyl (C=O) groups is 2. The quantitative estimate of drug-likeness (QED) is 0.115. The molecule has 0 radical (unpaired) electrons. The van der Waals surface area contributed by atoms with Gasteiger partial charge in [0, 0.05) is 41.5 Å². The average Bonchev–Trinajstić information content (AvgIpc) is 3.96. The summed E-state index contributed by atoms with van der Waals surface area (Å²) in [5.74, 6) is 0.124. The summed E-state index contributed by atoms with van der Waals surface area (Å²) >= 11 is 3.75. The van der Waals surface area contributed by atoms with Crippen molar-refractivity contribution in [2.45, 2.75) is 75.5 Å². The van der Waals surface area contributed by atoms with Gasteiger partial charge in [-0.1, -0.05) is 131 Å². The number of nitrogens with zero attached hydrogens (tertiary/aromatic N) is 6. The lowest BCUT2D eigenvalue weighted by Crippen LogP contribution is -2.51. The summed E-state index contributed by atoms with van der Waals surface area (Å²) in [5.41, 5.74) is 5.46. The number of fused-ring (bicyclic) bond motifs is 2. The van der Waals surface area contributed by atoms with Crippen LogP contribution in [0.3, 0.4) is 0 Å². The zero-order valence-electron chi connectivity index (χ0n) is 35.9. The minimum absolute atomic E-state index is 0.0178. The topological polar surface area (TPSA) is 122 Å². The van der Waals surface area contributed by atoms with Crippen LogP contribution in [0.15, 0.2) is 143 Å². The molecule has 1 unspecified atom stereocenters.